The number of methoxy groups -OCH3 is 1. The van der Waals surface area contributed by atoms with Gasteiger partial charge in [0.25, 0.3) is 15.9 Å². The van der Waals surface area contributed by atoms with E-state index in [-0.39, 0.29) is 35.3 Å². The minimum Gasteiger partial charge on any atom is -0.487 e. The molecule has 1 unspecified atom stereocenters. The lowest BCUT2D eigenvalue weighted by Gasteiger charge is -2.44. The molecule has 0 aromatic heterocycles. The zero-order valence-electron chi connectivity index (χ0n) is 25.5. The number of carbonyl (C=O) groups excluding carboxylic acids is 2. The molecule has 2 aromatic carbocycles. The highest BCUT2D eigenvalue weighted by Crippen LogP contribution is 2.43. The number of fused-ring (bicyclic) bond motifs is 3. The number of carbonyl (C=O) groups is 2. The molecule has 44 heavy (non-hydrogen) atoms. The maximum Gasteiger partial charge on any atom is 0.264 e. The fourth-order valence-electron chi connectivity index (χ4n) is 7.07. The number of anilines is 1. The summed E-state index contributed by atoms with van der Waals surface area (Å²) in [6.07, 6.45) is 7.15. The summed E-state index contributed by atoms with van der Waals surface area (Å²) in [6, 6.07) is 9.72. The quantitative estimate of drug-likeness (QED) is 0.487. The number of amides is 2. The van der Waals surface area contributed by atoms with Gasteiger partial charge in [-0.05, 0) is 112 Å². The van der Waals surface area contributed by atoms with E-state index >= 15 is 0 Å². The molecule has 2 saturated carbocycles. The number of nitrogens with one attached hydrogen (secondary N) is 1. The van der Waals surface area contributed by atoms with Crippen LogP contribution in [0.2, 0.25) is 5.02 Å². The molecule has 2 bridgehead atoms. The Bertz CT molecular complexity index is 1510. The van der Waals surface area contributed by atoms with Crippen molar-refractivity contribution < 1.29 is 27.5 Å². The van der Waals surface area contributed by atoms with E-state index in [4.69, 9.17) is 21.1 Å². The molecule has 2 amide bonds. The number of benzene rings is 2. The third kappa shape index (κ3) is 6.58. The smallest absolute Gasteiger partial charge is 0.264 e. The average molecular weight is 644 g/mol. The summed E-state index contributed by atoms with van der Waals surface area (Å²) < 4.78 is 41.9. The molecular formula is C33H42ClN3O6S. The van der Waals surface area contributed by atoms with Crippen LogP contribution < -0.4 is 14.4 Å². The van der Waals surface area contributed by atoms with Crippen molar-refractivity contribution in [1.82, 2.24) is 9.62 Å². The minimum atomic E-state index is -4.21. The van der Waals surface area contributed by atoms with Crippen LogP contribution in [0.1, 0.15) is 69.4 Å². The second-order valence-electron chi connectivity index (χ2n) is 12.7. The van der Waals surface area contributed by atoms with Crippen LogP contribution in [0.15, 0.2) is 41.3 Å². The predicted molar refractivity (Wildman–Crippen MR) is 168 cm³/mol. The molecule has 4 atom stereocenters. The molecule has 0 radical (unpaired) electrons. The summed E-state index contributed by atoms with van der Waals surface area (Å²) in [4.78, 5) is 30.6. The van der Waals surface area contributed by atoms with Crippen LogP contribution in [0.4, 0.5) is 5.69 Å². The van der Waals surface area contributed by atoms with Crippen LogP contribution in [-0.2, 0) is 37.4 Å². The van der Waals surface area contributed by atoms with Gasteiger partial charge in [-0.1, -0.05) is 17.7 Å². The highest BCUT2D eigenvalue weighted by molar-refractivity contribution is 7.90. The standard InChI is InChI=1S/C33H42ClN3O6S/c1-21-33(39)35-44(40,41)27-11-13-31-29(18-27)36(16-4-3-5-22-17-25(34)8-6-24(22)20-43-31)19-23-7-12-28(23)30(42-2)14-15-32(38)37(21)26-9-10-26/h6,8,11,13,17-18,21,23,26,28,30H,3-5,7,9-10,12,14-16,19-20H2,1-2H3,(H,35,39)/t21?,23-,28+,30+/m0/s1. The SMILES string of the molecule is CO[C@@H]1CCC(=O)N(C2CC2)C(C)C(=O)NS(=O)(=O)c2ccc3c(c2)N(CCCCc2cc(Cl)ccc2CO3)C[C@@H]2CC[C@H]21. The molecule has 11 heteroatoms. The van der Waals surface area contributed by atoms with E-state index in [1.165, 1.54) is 6.07 Å². The van der Waals surface area contributed by atoms with Gasteiger partial charge in [-0.25, -0.2) is 13.1 Å². The van der Waals surface area contributed by atoms with Crippen molar-refractivity contribution in [3.8, 4) is 5.75 Å². The monoisotopic (exact) mass is 643 g/mol. The van der Waals surface area contributed by atoms with Gasteiger partial charge in [0.15, 0.2) is 0 Å². The number of hydrogen-bond acceptors (Lipinski definition) is 7. The Morgan fingerprint density at radius 1 is 0.977 bits per heavy atom. The Kier molecular flexibility index (Phi) is 9.13. The number of rotatable bonds is 2. The van der Waals surface area contributed by atoms with Crippen molar-refractivity contribution in [3.63, 3.8) is 0 Å². The molecule has 2 aromatic rings. The van der Waals surface area contributed by atoms with Crippen LogP contribution in [0.25, 0.3) is 0 Å². The number of sulfonamides is 1. The van der Waals surface area contributed by atoms with E-state index < -0.39 is 22.0 Å². The Labute approximate surface area is 265 Å². The normalized spacial score (nSPS) is 28.0. The van der Waals surface area contributed by atoms with E-state index in [2.05, 4.69) is 9.62 Å². The van der Waals surface area contributed by atoms with E-state index in [1.54, 1.807) is 31.1 Å². The van der Waals surface area contributed by atoms with Gasteiger partial charge in [-0.3, -0.25) is 9.59 Å². The molecule has 2 aliphatic heterocycles. The van der Waals surface area contributed by atoms with Crippen molar-refractivity contribution in [2.45, 2.75) is 94.4 Å². The van der Waals surface area contributed by atoms with Crippen LogP contribution >= 0.6 is 11.6 Å². The van der Waals surface area contributed by atoms with Gasteiger partial charge in [-0.15, -0.1) is 0 Å². The zero-order valence-corrected chi connectivity index (χ0v) is 27.0. The molecule has 9 nitrogen and oxygen atoms in total. The van der Waals surface area contributed by atoms with E-state index in [0.717, 1.165) is 62.6 Å². The van der Waals surface area contributed by atoms with Crippen LogP contribution in [-0.4, -0.2) is 63.5 Å². The van der Waals surface area contributed by atoms with Crippen molar-refractivity contribution >= 4 is 39.1 Å². The Hall–Kier alpha value is -2.82. The number of halogens is 1. The molecule has 1 N–H and O–H groups in total. The number of hydrogen-bond donors (Lipinski definition) is 1. The van der Waals surface area contributed by atoms with Crippen molar-refractivity contribution in [2.75, 3.05) is 25.1 Å². The second-order valence-corrected chi connectivity index (χ2v) is 14.8. The highest BCUT2D eigenvalue weighted by Gasteiger charge is 2.42. The van der Waals surface area contributed by atoms with Gasteiger partial charge in [0.05, 0.1) is 16.7 Å². The lowest BCUT2D eigenvalue weighted by molar-refractivity contribution is -0.140. The molecular weight excluding hydrogens is 602 g/mol. The molecule has 0 saturated heterocycles. The van der Waals surface area contributed by atoms with Gasteiger partial charge in [-0.2, -0.15) is 0 Å². The largest absolute Gasteiger partial charge is 0.487 e. The average Bonchev–Trinajstić information content (AvgIpc) is 3.82. The fourth-order valence-corrected chi connectivity index (χ4v) is 8.33. The molecule has 2 aliphatic carbocycles. The molecule has 238 valence electrons. The number of aryl methyl sites for hydroxylation is 1. The summed E-state index contributed by atoms with van der Waals surface area (Å²) in [7, 11) is -2.50. The third-order valence-corrected chi connectivity index (χ3v) is 11.5. The fraction of sp³-hybridized carbons (Fsp3) is 0.576. The first-order chi connectivity index (χ1) is 21.1. The molecule has 0 spiro atoms. The summed E-state index contributed by atoms with van der Waals surface area (Å²) >= 11 is 6.32. The lowest BCUT2D eigenvalue weighted by atomic mass is 9.69. The van der Waals surface area contributed by atoms with Crippen molar-refractivity contribution in [3.05, 3.63) is 52.5 Å². The minimum absolute atomic E-state index is 0.0104. The van der Waals surface area contributed by atoms with Gasteiger partial charge in [0, 0.05) is 37.7 Å². The maximum atomic E-state index is 13.6. The summed E-state index contributed by atoms with van der Waals surface area (Å²) in [6.45, 7) is 3.37. The molecule has 4 aliphatic rings. The number of nitrogens with zero attached hydrogens (tertiary/aromatic N) is 2. The predicted octanol–water partition coefficient (Wildman–Crippen LogP) is 5.08. The van der Waals surface area contributed by atoms with Gasteiger partial charge < -0.3 is 19.3 Å². The van der Waals surface area contributed by atoms with Gasteiger partial charge in [0.2, 0.25) is 5.91 Å². The summed E-state index contributed by atoms with van der Waals surface area (Å²) in [5, 5.41) is 0.696. The van der Waals surface area contributed by atoms with Crippen molar-refractivity contribution in [1.29, 1.82) is 0 Å². The topological polar surface area (TPSA) is 105 Å². The maximum absolute atomic E-state index is 13.6. The Morgan fingerprint density at radius 2 is 1.80 bits per heavy atom. The Balaban J connectivity index is 1.39. The lowest BCUT2D eigenvalue weighted by Crippen LogP contribution is -2.50. The highest BCUT2D eigenvalue weighted by atomic mass is 35.5. The summed E-state index contributed by atoms with van der Waals surface area (Å²) in [5.74, 6) is 0.375. The first-order valence-electron chi connectivity index (χ1n) is 15.8. The number of ether oxygens (including phenoxy) is 2. The zero-order chi connectivity index (χ0) is 31.0. The first kappa shape index (κ1) is 31.2. The van der Waals surface area contributed by atoms with E-state index in [9.17, 15) is 18.0 Å². The van der Waals surface area contributed by atoms with Gasteiger partial charge in [0.1, 0.15) is 18.4 Å². The first-order valence-corrected chi connectivity index (χ1v) is 17.7. The third-order valence-electron chi connectivity index (χ3n) is 9.87. The molecule has 2 fully saturated rings. The van der Waals surface area contributed by atoms with E-state index in [0.29, 0.717) is 41.9 Å². The van der Waals surface area contributed by atoms with Crippen LogP contribution in [0.5, 0.6) is 5.75 Å². The van der Waals surface area contributed by atoms with Gasteiger partial charge >= 0.3 is 0 Å². The second kappa shape index (κ2) is 12.9. The summed E-state index contributed by atoms with van der Waals surface area (Å²) in [5.41, 5.74) is 2.91. The van der Waals surface area contributed by atoms with Crippen LogP contribution in [0.3, 0.4) is 0 Å². The van der Waals surface area contributed by atoms with Crippen molar-refractivity contribution in [2.24, 2.45) is 11.8 Å². The Morgan fingerprint density at radius 3 is 2.52 bits per heavy atom. The van der Waals surface area contributed by atoms with Crippen LogP contribution in [0, 0.1) is 11.8 Å². The molecule has 2 heterocycles. The van der Waals surface area contributed by atoms with E-state index in [1.807, 2.05) is 18.2 Å². The molecule has 6 rings (SSSR count).